The first-order chi connectivity index (χ1) is 10.6. The molecule has 3 rings (SSSR count). The number of carbonyl (C=O) groups is 1. The van der Waals surface area contributed by atoms with Crippen molar-refractivity contribution in [3.05, 3.63) is 70.2 Å². The Morgan fingerprint density at radius 2 is 1.77 bits per heavy atom. The Balaban J connectivity index is 1.54. The summed E-state index contributed by atoms with van der Waals surface area (Å²) in [7, 11) is 0. The van der Waals surface area contributed by atoms with E-state index in [1.807, 2.05) is 30.3 Å². The maximum Gasteiger partial charge on any atom is 0.410 e. The topological polar surface area (TPSA) is 29.5 Å². The standard InChI is InChI=1S/C17H15BrFNO2/c18-15-8-6-14(7-9-15)17(19)11-20(12-17)16(21)22-10-13-4-2-1-3-5-13/h1-9H,10-12H2. The lowest BCUT2D eigenvalue weighted by Gasteiger charge is -2.43. The fourth-order valence-corrected chi connectivity index (χ4v) is 2.69. The molecule has 0 spiro atoms. The Morgan fingerprint density at radius 1 is 1.14 bits per heavy atom. The lowest BCUT2D eigenvalue weighted by atomic mass is 9.88. The maximum absolute atomic E-state index is 14.7. The molecular weight excluding hydrogens is 349 g/mol. The summed E-state index contributed by atoms with van der Waals surface area (Å²) < 4.78 is 20.8. The molecule has 0 unspecified atom stereocenters. The summed E-state index contributed by atoms with van der Waals surface area (Å²) in [5.74, 6) is 0. The normalized spacial score (nSPS) is 16.0. The molecule has 5 heteroatoms. The van der Waals surface area contributed by atoms with Crippen molar-refractivity contribution in [2.45, 2.75) is 12.3 Å². The van der Waals surface area contributed by atoms with Crippen LogP contribution in [0.4, 0.5) is 9.18 Å². The van der Waals surface area contributed by atoms with Gasteiger partial charge >= 0.3 is 6.09 Å². The quantitative estimate of drug-likeness (QED) is 0.814. The zero-order chi connectivity index (χ0) is 15.6. The Kier molecular flexibility index (Phi) is 4.16. The van der Waals surface area contributed by atoms with Gasteiger partial charge in [-0.15, -0.1) is 0 Å². The van der Waals surface area contributed by atoms with Crippen molar-refractivity contribution >= 4 is 22.0 Å². The van der Waals surface area contributed by atoms with E-state index >= 15 is 0 Å². The van der Waals surface area contributed by atoms with Crippen molar-refractivity contribution in [3.8, 4) is 0 Å². The summed E-state index contributed by atoms with van der Waals surface area (Å²) in [4.78, 5) is 13.3. The number of carbonyl (C=O) groups excluding carboxylic acids is 1. The number of benzene rings is 2. The molecule has 1 fully saturated rings. The smallest absolute Gasteiger partial charge is 0.410 e. The first-order valence-corrected chi connectivity index (χ1v) is 7.77. The van der Waals surface area contributed by atoms with Gasteiger partial charge in [-0.25, -0.2) is 9.18 Å². The molecule has 1 heterocycles. The van der Waals surface area contributed by atoms with E-state index in [1.165, 1.54) is 4.90 Å². The molecule has 0 bridgehead atoms. The van der Waals surface area contributed by atoms with Crippen molar-refractivity contribution < 1.29 is 13.9 Å². The monoisotopic (exact) mass is 363 g/mol. The Morgan fingerprint density at radius 3 is 2.41 bits per heavy atom. The van der Waals surface area contributed by atoms with Gasteiger partial charge in [0, 0.05) is 4.47 Å². The summed E-state index contributed by atoms with van der Waals surface area (Å²) >= 11 is 3.32. The molecule has 114 valence electrons. The Labute approximate surface area is 136 Å². The van der Waals surface area contributed by atoms with Crippen LogP contribution in [0.3, 0.4) is 0 Å². The summed E-state index contributed by atoms with van der Waals surface area (Å²) in [6.45, 7) is 0.262. The lowest BCUT2D eigenvalue weighted by Crippen LogP contribution is -2.58. The highest BCUT2D eigenvalue weighted by Gasteiger charge is 2.47. The summed E-state index contributed by atoms with van der Waals surface area (Å²) in [6.07, 6.45) is -0.478. The van der Waals surface area contributed by atoms with Crippen LogP contribution in [0.25, 0.3) is 0 Å². The van der Waals surface area contributed by atoms with Gasteiger partial charge in [-0.3, -0.25) is 0 Å². The van der Waals surface area contributed by atoms with Gasteiger partial charge in [0.1, 0.15) is 6.61 Å². The third-order valence-electron chi connectivity index (χ3n) is 3.71. The van der Waals surface area contributed by atoms with Gasteiger partial charge < -0.3 is 9.64 Å². The van der Waals surface area contributed by atoms with Crippen LogP contribution in [-0.2, 0) is 17.0 Å². The van der Waals surface area contributed by atoms with E-state index in [2.05, 4.69) is 15.9 Å². The summed E-state index contributed by atoms with van der Waals surface area (Å²) in [5.41, 5.74) is 0.0190. The number of hydrogen-bond donors (Lipinski definition) is 0. The second kappa shape index (κ2) is 6.08. The average Bonchev–Trinajstić information content (AvgIpc) is 2.51. The fraction of sp³-hybridized carbons (Fsp3) is 0.235. The van der Waals surface area contributed by atoms with Gasteiger partial charge in [0.25, 0.3) is 0 Å². The second-order valence-electron chi connectivity index (χ2n) is 5.37. The van der Waals surface area contributed by atoms with Crippen molar-refractivity contribution in [3.63, 3.8) is 0 Å². The molecular formula is C17H15BrFNO2. The van der Waals surface area contributed by atoms with Crippen LogP contribution >= 0.6 is 15.9 Å². The molecule has 1 aliphatic heterocycles. The first kappa shape index (κ1) is 15.0. The Hall–Kier alpha value is -1.88. The van der Waals surface area contributed by atoms with Crippen molar-refractivity contribution in [2.24, 2.45) is 0 Å². The number of nitrogens with zero attached hydrogens (tertiary/aromatic N) is 1. The van der Waals surface area contributed by atoms with E-state index in [0.717, 1.165) is 10.0 Å². The van der Waals surface area contributed by atoms with E-state index in [4.69, 9.17) is 4.74 Å². The molecule has 3 nitrogen and oxygen atoms in total. The molecule has 0 radical (unpaired) electrons. The van der Waals surface area contributed by atoms with Crippen LogP contribution in [0.1, 0.15) is 11.1 Å². The highest BCUT2D eigenvalue weighted by molar-refractivity contribution is 9.10. The highest BCUT2D eigenvalue weighted by atomic mass is 79.9. The lowest BCUT2D eigenvalue weighted by molar-refractivity contribution is -0.0346. The molecule has 1 amide bonds. The minimum atomic E-state index is -1.48. The number of ether oxygens (including phenoxy) is 1. The van der Waals surface area contributed by atoms with E-state index < -0.39 is 11.8 Å². The van der Waals surface area contributed by atoms with E-state index in [-0.39, 0.29) is 19.7 Å². The van der Waals surface area contributed by atoms with Gasteiger partial charge in [-0.05, 0) is 23.3 Å². The maximum atomic E-state index is 14.7. The molecule has 0 saturated carbocycles. The number of halogens is 2. The fourth-order valence-electron chi connectivity index (χ4n) is 2.43. The van der Waals surface area contributed by atoms with Crippen molar-refractivity contribution in [2.75, 3.05) is 13.1 Å². The largest absolute Gasteiger partial charge is 0.445 e. The molecule has 1 saturated heterocycles. The minimum absolute atomic E-state index is 0.0300. The predicted molar refractivity (Wildman–Crippen MR) is 85.1 cm³/mol. The number of hydrogen-bond acceptors (Lipinski definition) is 2. The van der Waals surface area contributed by atoms with Crippen LogP contribution in [-0.4, -0.2) is 24.1 Å². The number of rotatable bonds is 3. The number of likely N-dealkylation sites (tertiary alicyclic amines) is 1. The van der Waals surface area contributed by atoms with Gasteiger partial charge in [0.15, 0.2) is 5.67 Å². The molecule has 1 aliphatic rings. The molecule has 0 N–H and O–H groups in total. The van der Waals surface area contributed by atoms with Gasteiger partial charge in [0.2, 0.25) is 0 Å². The van der Waals surface area contributed by atoms with Gasteiger partial charge in [-0.1, -0.05) is 58.4 Å². The van der Waals surface area contributed by atoms with Crippen LogP contribution in [0, 0.1) is 0 Å². The first-order valence-electron chi connectivity index (χ1n) is 6.97. The molecule has 0 atom stereocenters. The molecule has 22 heavy (non-hydrogen) atoms. The average molecular weight is 364 g/mol. The molecule has 2 aromatic carbocycles. The second-order valence-corrected chi connectivity index (χ2v) is 6.28. The van der Waals surface area contributed by atoms with Crippen LogP contribution in [0.15, 0.2) is 59.1 Å². The van der Waals surface area contributed by atoms with Gasteiger partial charge in [-0.2, -0.15) is 0 Å². The van der Waals surface area contributed by atoms with Crippen LogP contribution < -0.4 is 0 Å². The molecule has 0 aromatic heterocycles. The zero-order valence-corrected chi connectivity index (χ0v) is 13.4. The van der Waals surface area contributed by atoms with Crippen molar-refractivity contribution in [1.29, 1.82) is 0 Å². The van der Waals surface area contributed by atoms with Crippen LogP contribution in [0.5, 0.6) is 0 Å². The predicted octanol–water partition coefficient (Wildman–Crippen LogP) is 4.27. The minimum Gasteiger partial charge on any atom is -0.445 e. The molecule has 0 aliphatic carbocycles. The number of amides is 1. The van der Waals surface area contributed by atoms with Crippen molar-refractivity contribution in [1.82, 2.24) is 4.90 Å². The number of alkyl halides is 1. The highest BCUT2D eigenvalue weighted by Crippen LogP contribution is 2.36. The summed E-state index contributed by atoms with van der Waals surface area (Å²) in [5, 5.41) is 0. The Bertz CT molecular complexity index is 654. The molecule has 2 aromatic rings. The van der Waals surface area contributed by atoms with E-state index in [9.17, 15) is 9.18 Å². The van der Waals surface area contributed by atoms with Gasteiger partial charge in [0.05, 0.1) is 13.1 Å². The summed E-state index contributed by atoms with van der Waals surface area (Å²) in [6, 6.07) is 16.5. The van der Waals surface area contributed by atoms with Crippen LogP contribution in [0.2, 0.25) is 0 Å². The third-order valence-corrected chi connectivity index (χ3v) is 4.24. The third kappa shape index (κ3) is 3.14. The van der Waals surface area contributed by atoms with E-state index in [1.54, 1.807) is 24.3 Å². The zero-order valence-electron chi connectivity index (χ0n) is 11.8. The van der Waals surface area contributed by atoms with E-state index in [0.29, 0.717) is 5.56 Å². The SMILES string of the molecule is O=C(OCc1ccccc1)N1CC(F)(c2ccc(Br)cc2)C1.